The fraction of sp³-hybridized carbons (Fsp3) is 0.105. The molecular formula is C19H17NO3. The van der Waals surface area contributed by atoms with E-state index in [0.29, 0.717) is 17.9 Å². The van der Waals surface area contributed by atoms with Gasteiger partial charge in [-0.15, -0.1) is 0 Å². The summed E-state index contributed by atoms with van der Waals surface area (Å²) in [5.74, 6) is 0.0949. The minimum atomic E-state index is -0.415. The molecule has 4 heteroatoms. The quantitative estimate of drug-likeness (QED) is 0.724. The average molecular weight is 307 g/mol. The van der Waals surface area contributed by atoms with Crippen molar-refractivity contribution in [2.75, 3.05) is 7.11 Å². The molecule has 1 heterocycles. The molecule has 1 N–H and O–H groups in total. The predicted molar refractivity (Wildman–Crippen MR) is 88.3 cm³/mol. The second-order valence-electron chi connectivity index (χ2n) is 5.06. The third kappa shape index (κ3) is 3.43. The Morgan fingerprint density at radius 2 is 1.87 bits per heavy atom. The summed E-state index contributed by atoms with van der Waals surface area (Å²) < 4.78 is 10.7. The van der Waals surface area contributed by atoms with Gasteiger partial charge in [0.05, 0.1) is 7.11 Å². The molecule has 3 rings (SSSR count). The smallest absolute Gasteiger partial charge is 0.341 e. The molecule has 0 spiro atoms. The fourth-order valence-corrected chi connectivity index (χ4v) is 2.34. The van der Waals surface area contributed by atoms with Gasteiger partial charge in [-0.2, -0.15) is 0 Å². The van der Waals surface area contributed by atoms with Crippen molar-refractivity contribution in [1.29, 1.82) is 0 Å². The molecule has 0 atom stereocenters. The highest BCUT2D eigenvalue weighted by Crippen LogP contribution is 2.27. The van der Waals surface area contributed by atoms with Crippen LogP contribution in [-0.4, -0.2) is 18.1 Å². The normalized spacial score (nSPS) is 10.3. The first-order valence-electron chi connectivity index (χ1n) is 7.31. The minimum absolute atomic E-state index is 0.396. The summed E-state index contributed by atoms with van der Waals surface area (Å²) in [6.07, 6.45) is 1.84. The van der Waals surface area contributed by atoms with E-state index < -0.39 is 5.97 Å². The van der Waals surface area contributed by atoms with E-state index >= 15 is 0 Å². The maximum Gasteiger partial charge on any atom is 0.341 e. The van der Waals surface area contributed by atoms with E-state index in [-0.39, 0.29) is 0 Å². The van der Waals surface area contributed by atoms with Crippen molar-refractivity contribution in [3.8, 4) is 17.0 Å². The van der Waals surface area contributed by atoms with Gasteiger partial charge in [-0.25, -0.2) is 4.79 Å². The van der Waals surface area contributed by atoms with Crippen LogP contribution in [0.2, 0.25) is 0 Å². The maximum absolute atomic E-state index is 12.1. The average Bonchev–Trinajstić information content (AvgIpc) is 3.14. The number of methoxy groups -OCH3 is 1. The number of ether oxygens (including phenoxy) is 2. The van der Waals surface area contributed by atoms with Crippen molar-refractivity contribution in [2.24, 2.45) is 0 Å². The van der Waals surface area contributed by atoms with Crippen LogP contribution in [0.1, 0.15) is 15.9 Å². The number of benzene rings is 2. The molecule has 0 aliphatic carbocycles. The first-order chi connectivity index (χ1) is 11.3. The Morgan fingerprint density at radius 3 is 2.57 bits per heavy atom. The molecule has 0 aliphatic heterocycles. The molecule has 0 radical (unpaired) electrons. The van der Waals surface area contributed by atoms with Gasteiger partial charge in [0.15, 0.2) is 0 Å². The number of carbonyl (C=O) groups excluding carboxylic acids is 1. The Labute approximate surface area is 134 Å². The summed E-state index contributed by atoms with van der Waals surface area (Å²) in [6, 6.07) is 19.2. The second-order valence-corrected chi connectivity index (χ2v) is 5.06. The van der Waals surface area contributed by atoms with Crippen LogP contribution in [0.15, 0.2) is 66.9 Å². The molecule has 0 saturated heterocycles. The molecule has 3 aromatic rings. The molecular weight excluding hydrogens is 290 g/mol. The van der Waals surface area contributed by atoms with E-state index in [1.54, 1.807) is 12.1 Å². The molecule has 0 unspecified atom stereocenters. The van der Waals surface area contributed by atoms with E-state index in [1.807, 2.05) is 54.7 Å². The van der Waals surface area contributed by atoms with Crippen molar-refractivity contribution >= 4 is 5.97 Å². The van der Waals surface area contributed by atoms with Crippen LogP contribution in [0, 0.1) is 0 Å². The zero-order chi connectivity index (χ0) is 16.1. The fourth-order valence-electron chi connectivity index (χ4n) is 2.34. The summed E-state index contributed by atoms with van der Waals surface area (Å²) in [5, 5.41) is 0. The van der Waals surface area contributed by atoms with Crippen molar-refractivity contribution in [3.63, 3.8) is 0 Å². The molecule has 0 saturated carbocycles. The zero-order valence-electron chi connectivity index (χ0n) is 12.8. The maximum atomic E-state index is 12.1. The highest BCUT2D eigenvalue weighted by Gasteiger charge is 2.15. The van der Waals surface area contributed by atoms with Gasteiger partial charge >= 0.3 is 5.97 Å². The monoisotopic (exact) mass is 307 g/mol. The van der Waals surface area contributed by atoms with E-state index in [4.69, 9.17) is 9.47 Å². The van der Waals surface area contributed by atoms with E-state index in [2.05, 4.69) is 4.98 Å². The van der Waals surface area contributed by atoms with Crippen LogP contribution in [0.3, 0.4) is 0 Å². The van der Waals surface area contributed by atoms with Crippen LogP contribution >= 0.6 is 0 Å². The molecule has 2 aromatic carbocycles. The van der Waals surface area contributed by atoms with Crippen LogP contribution in [0.25, 0.3) is 11.3 Å². The minimum Gasteiger partial charge on any atom is -0.488 e. The summed E-state index contributed by atoms with van der Waals surface area (Å²) >= 11 is 0. The molecule has 0 aliphatic rings. The number of nitrogens with one attached hydrogen (secondary N) is 1. The Bertz CT molecular complexity index is 780. The van der Waals surface area contributed by atoms with Gasteiger partial charge in [-0.05, 0) is 41.5 Å². The summed E-state index contributed by atoms with van der Waals surface area (Å²) in [4.78, 5) is 15.2. The lowest BCUT2D eigenvalue weighted by Crippen LogP contribution is -2.06. The third-order valence-corrected chi connectivity index (χ3v) is 3.53. The SMILES string of the molecule is COC(=O)c1cc(-c2ccc[nH]2)ccc1OCc1ccccc1. The first-order valence-corrected chi connectivity index (χ1v) is 7.31. The number of carbonyl (C=O) groups is 1. The lowest BCUT2D eigenvalue weighted by molar-refractivity contribution is 0.0595. The van der Waals surface area contributed by atoms with Gasteiger partial charge in [0.1, 0.15) is 17.9 Å². The van der Waals surface area contributed by atoms with E-state index in [9.17, 15) is 4.79 Å². The van der Waals surface area contributed by atoms with Crippen LogP contribution in [-0.2, 0) is 11.3 Å². The lowest BCUT2D eigenvalue weighted by Gasteiger charge is -2.12. The lowest BCUT2D eigenvalue weighted by atomic mass is 10.1. The molecule has 1 aromatic heterocycles. The van der Waals surface area contributed by atoms with Crippen molar-refractivity contribution in [1.82, 2.24) is 4.98 Å². The van der Waals surface area contributed by atoms with Crippen LogP contribution < -0.4 is 4.74 Å². The zero-order valence-corrected chi connectivity index (χ0v) is 12.8. The van der Waals surface area contributed by atoms with Gasteiger partial charge in [0, 0.05) is 11.9 Å². The largest absolute Gasteiger partial charge is 0.488 e. The Hall–Kier alpha value is -3.01. The third-order valence-electron chi connectivity index (χ3n) is 3.53. The highest BCUT2D eigenvalue weighted by molar-refractivity contribution is 5.94. The molecule has 23 heavy (non-hydrogen) atoms. The Balaban J connectivity index is 1.88. The topological polar surface area (TPSA) is 51.3 Å². The second kappa shape index (κ2) is 6.83. The highest BCUT2D eigenvalue weighted by atomic mass is 16.5. The van der Waals surface area contributed by atoms with Gasteiger partial charge in [0.25, 0.3) is 0 Å². The van der Waals surface area contributed by atoms with Gasteiger partial charge < -0.3 is 14.5 Å². The van der Waals surface area contributed by atoms with E-state index in [0.717, 1.165) is 16.8 Å². The number of hydrogen-bond donors (Lipinski definition) is 1. The predicted octanol–water partition coefficient (Wildman–Crippen LogP) is 4.05. The van der Waals surface area contributed by atoms with Gasteiger partial charge in [-0.1, -0.05) is 30.3 Å². The molecule has 0 fully saturated rings. The number of aromatic nitrogens is 1. The Morgan fingerprint density at radius 1 is 1.04 bits per heavy atom. The molecule has 116 valence electrons. The molecule has 0 amide bonds. The van der Waals surface area contributed by atoms with Crippen LogP contribution in [0.4, 0.5) is 0 Å². The first kappa shape index (κ1) is 14.9. The summed E-state index contributed by atoms with van der Waals surface area (Å²) in [6.45, 7) is 0.396. The number of H-pyrrole nitrogens is 1. The Kier molecular flexibility index (Phi) is 4.43. The molecule has 4 nitrogen and oxygen atoms in total. The number of esters is 1. The van der Waals surface area contributed by atoms with E-state index in [1.165, 1.54) is 7.11 Å². The summed E-state index contributed by atoms with van der Waals surface area (Å²) in [7, 11) is 1.37. The standard InChI is InChI=1S/C19H17NO3/c1-22-19(21)16-12-15(17-8-5-11-20-17)9-10-18(16)23-13-14-6-3-2-4-7-14/h2-12,20H,13H2,1H3. The van der Waals surface area contributed by atoms with Gasteiger partial charge in [0.2, 0.25) is 0 Å². The van der Waals surface area contributed by atoms with Crippen molar-refractivity contribution < 1.29 is 14.3 Å². The number of hydrogen-bond acceptors (Lipinski definition) is 3. The van der Waals surface area contributed by atoms with Crippen molar-refractivity contribution in [3.05, 3.63) is 78.0 Å². The van der Waals surface area contributed by atoms with Gasteiger partial charge in [-0.3, -0.25) is 0 Å². The number of aromatic amines is 1. The van der Waals surface area contributed by atoms with Crippen molar-refractivity contribution in [2.45, 2.75) is 6.61 Å². The number of rotatable bonds is 5. The van der Waals surface area contributed by atoms with Crippen LogP contribution in [0.5, 0.6) is 5.75 Å². The molecule has 0 bridgehead atoms. The summed E-state index contributed by atoms with van der Waals surface area (Å²) in [5.41, 5.74) is 3.29.